The summed E-state index contributed by atoms with van der Waals surface area (Å²) in [6.07, 6.45) is 2.48. The van der Waals surface area contributed by atoms with Crippen LogP contribution in [0.4, 0.5) is 0 Å². The predicted octanol–water partition coefficient (Wildman–Crippen LogP) is 1.70. The fraction of sp³-hybridized carbons (Fsp3) is 0.350. The maximum absolute atomic E-state index is 12.1. The van der Waals surface area contributed by atoms with Crippen LogP contribution in [0.2, 0.25) is 0 Å². The van der Waals surface area contributed by atoms with Crippen LogP contribution in [0.3, 0.4) is 0 Å². The van der Waals surface area contributed by atoms with E-state index >= 15 is 0 Å². The summed E-state index contributed by atoms with van der Waals surface area (Å²) in [4.78, 5) is 22.1. The number of rotatable bonds is 7. The Morgan fingerprint density at radius 2 is 2.04 bits per heavy atom. The molecule has 0 radical (unpaired) electrons. The molecule has 27 heavy (non-hydrogen) atoms. The highest BCUT2D eigenvalue weighted by Crippen LogP contribution is 2.12. The van der Waals surface area contributed by atoms with E-state index in [-0.39, 0.29) is 5.91 Å². The fourth-order valence-corrected chi connectivity index (χ4v) is 2.59. The average Bonchev–Trinajstić information content (AvgIpc) is 2.70. The Morgan fingerprint density at radius 1 is 1.22 bits per heavy atom. The molecule has 1 heterocycles. The number of aliphatic imine (C=N–C) groups is 1. The molecule has 0 saturated heterocycles. The number of guanidine groups is 1. The first-order valence-corrected chi connectivity index (χ1v) is 8.78. The zero-order valence-corrected chi connectivity index (χ0v) is 16.3. The Balaban J connectivity index is 1.86. The lowest BCUT2D eigenvalue weighted by Gasteiger charge is -2.14. The van der Waals surface area contributed by atoms with Crippen LogP contribution in [0.25, 0.3) is 0 Å². The second-order valence-electron chi connectivity index (χ2n) is 6.17. The molecule has 0 spiro atoms. The molecular weight excluding hydrogens is 342 g/mol. The van der Waals surface area contributed by atoms with E-state index in [4.69, 9.17) is 4.74 Å². The molecule has 0 bridgehead atoms. The molecule has 7 nitrogen and oxygen atoms in total. The third-order valence-corrected chi connectivity index (χ3v) is 4.00. The van der Waals surface area contributed by atoms with E-state index in [1.807, 2.05) is 36.4 Å². The lowest BCUT2D eigenvalue weighted by atomic mass is 10.1. The monoisotopic (exact) mass is 369 g/mol. The van der Waals surface area contributed by atoms with Gasteiger partial charge in [0.25, 0.3) is 5.91 Å². The van der Waals surface area contributed by atoms with Crippen molar-refractivity contribution in [1.29, 1.82) is 0 Å². The first-order valence-electron chi connectivity index (χ1n) is 8.78. The molecule has 0 aliphatic rings. The van der Waals surface area contributed by atoms with Crippen LogP contribution in [0.5, 0.6) is 5.88 Å². The summed E-state index contributed by atoms with van der Waals surface area (Å²) in [5, 5.41) is 6.53. The molecule has 0 unspecified atom stereocenters. The highest BCUT2D eigenvalue weighted by molar-refractivity contribution is 5.94. The summed E-state index contributed by atoms with van der Waals surface area (Å²) >= 11 is 0. The van der Waals surface area contributed by atoms with Crippen molar-refractivity contribution in [2.45, 2.75) is 13.0 Å². The molecule has 0 saturated carbocycles. The molecule has 1 aromatic heterocycles. The van der Waals surface area contributed by atoms with Crippen molar-refractivity contribution < 1.29 is 9.53 Å². The number of nitrogens with zero attached hydrogens (tertiary/aromatic N) is 3. The van der Waals surface area contributed by atoms with Crippen LogP contribution in [-0.2, 0) is 13.0 Å². The van der Waals surface area contributed by atoms with Crippen LogP contribution in [0.15, 0.2) is 47.6 Å². The van der Waals surface area contributed by atoms with Gasteiger partial charge in [0.05, 0.1) is 7.11 Å². The van der Waals surface area contributed by atoms with Crippen LogP contribution >= 0.6 is 0 Å². The molecule has 144 valence electrons. The number of ether oxygens (including phenoxy) is 1. The predicted molar refractivity (Wildman–Crippen MR) is 107 cm³/mol. The van der Waals surface area contributed by atoms with Gasteiger partial charge in [0.15, 0.2) is 5.96 Å². The van der Waals surface area contributed by atoms with Gasteiger partial charge < -0.3 is 20.3 Å². The van der Waals surface area contributed by atoms with E-state index in [0.29, 0.717) is 30.5 Å². The number of benzene rings is 1. The number of hydrogen-bond donors (Lipinski definition) is 2. The van der Waals surface area contributed by atoms with Gasteiger partial charge >= 0.3 is 0 Å². The maximum atomic E-state index is 12.1. The van der Waals surface area contributed by atoms with Crippen molar-refractivity contribution in [3.8, 4) is 5.88 Å². The van der Waals surface area contributed by atoms with Crippen LogP contribution in [0, 0.1) is 0 Å². The molecule has 0 atom stereocenters. The van der Waals surface area contributed by atoms with Gasteiger partial charge in [-0.3, -0.25) is 9.79 Å². The second kappa shape index (κ2) is 10.2. The molecule has 1 aromatic carbocycles. The van der Waals surface area contributed by atoms with Gasteiger partial charge in [0.1, 0.15) is 0 Å². The minimum absolute atomic E-state index is 0.00713. The van der Waals surface area contributed by atoms with Gasteiger partial charge in [-0.25, -0.2) is 4.98 Å². The first kappa shape index (κ1) is 20.2. The zero-order valence-electron chi connectivity index (χ0n) is 16.3. The zero-order chi connectivity index (χ0) is 19.6. The minimum Gasteiger partial charge on any atom is -0.481 e. The largest absolute Gasteiger partial charge is 0.481 e. The third-order valence-electron chi connectivity index (χ3n) is 4.00. The lowest BCUT2D eigenvalue weighted by Crippen LogP contribution is -2.38. The van der Waals surface area contributed by atoms with Crippen molar-refractivity contribution in [3.05, 3.63) is 59.3 Å². The molecule has 7 heteroatoms. The molecule has 2 rings (SSSR count). The van der Waals surface area contributed by atoms with Crippen molar-refractivity contribution >= 4 is 11.9 Å². The van der Waals surface area contributed by atoms with E-state index in [2.05, 4.69) is 20.6 Å². The number of pyridine rings is 1. The summed E-state index contributed by atoms with van der Waals surface area (Å²) < 4.78 is 5.26. The van der Waals surface area contributed by atoms with Gasteiger partial charge in [0, 0.05) is 51.6 Å². The molecule has 2 N–H and O–H groups in total. The number of carbonyl (C=O) groups is 1. The Labute approximate surface area is 160 Å². The Morgan fingerprint density at radius 3 is 2.74 bits per heavy atom. The average molecular weight is 369 g/mol. The lowest BCUT2D eigenvalue weighted by molar-refractivity contribution is 0.0827. The van der Waals surface area contributed by atoms with E-state index in [9.17, 15) is 4.79 Å². The number of carbonyl (C=O) groups excluding carboxylic acids is 1. The van der Waals surface area contributed by atoms with Gasteiger partial charge in [-0.1, -0.05) is 18.2 Å². The fourth-order valence-electron chi connectivity index (χ4n) is 2.59. The highest BCUT2D eigenvalue weighted by atomic mass is 16.5. The van der Waals surface area contributed by atoms with Crippen LogP contribution < -0.4 is 15.4 Å². The van der Waals surface area contributed by atoms with Crippen molar-refractivity contribution in [2.24, 2.45) is 4.99 Å². The van der Waals surface area contributed by atoms with Gasteiger partial charge in [-0.15, -0.1) is 0 Å². The Bertz CT molecular complexity index is 789. The van der Waals surface area contributed by atoms with E-state index < -0.39 is 0 Å². The van der Waals surface area contributed by atoms with Crippen molar-refractivity contribution in [1.82, 2.24) is 20.5 Å². The number of aromatic nitrogens is 1. The Hall–Kier alpha value is -3.09. The van der Waals surface area contributed by atoms with Gasteiger partial charge in [-0.2, -0.15) is 0 Å². The standard InChI is InChI=1S/C20H27N5O2/c1-21-20(24-14-17-9-6-11-22-18(17)27-4)23-12-10-15-7-5-8-16(13-15)19(26)25(2)3/h5-9,11,13H,10,12,14H2,1-4H3,(H2,21,23,24). The van der Waals surface area contributed by atoms with Crippen molar-refractivity contribution in [2.75, 3.05) is 34.8 Å². The quantitative estimate of drug-likeness (QED) is 0.574. The number of methoxy groups -OCH3 is 1. The molecule has 0 aliphatic heterocycles. The normalized spacial score (nSPS) is 11.0. The second-order valence-corrected chi connectivity index (χ2v) is 6.17. The van der Waals surface area contributed by atoms with Gasteiger partial charge in [0.2, 0.25) is 5.88 Å². The molecular formula is C20H27N5O2. The SMILES string of the molecule is CN=C(NCCc1cccc(C(=O)N(C)C)c1)NCc1cccnc1OC. The third kappa shape index (κ3) is 5.99. The smallest absolute Gasteiger partial charge is 0.253 e. The minimum atomic E-state index is 0.00713. The summed E-state index contributed by atoms with van der Waals surface area (Å²) in [5.74, 6) is 1.30. The highest BCUT2D eigenvalue weighted by Gasteiger charge is 2.08. The van der Waals surface area contributed by atoms with Crippen molar-refractivity contribution in [3.63, 3.8) is 0 Å². The topological polar surface area (TPSA) is 78.9 Å². The number of nitrogens with one attached hydrogen (secondary N) is 2. The summed E-state index contributed by atoms with van der Waals surface area (Å²) in [7, 11) is 6.84. The van der Waals surface area contributed by atoms with Gasteiger partial charge in [-0.05, 0) is 30.2 Å². The van der Waals surface area contributed by atoms with Crippen LogP contribution in [-0.4, -0.2) is 56.5 Å². The van der Waals surface area contributed by atoms with E-state index in [1.54, 1.807) is 39.3 Å². The summed E-state index contributed by atoms with van der Waals surface area (Å²) in [6.45, 7) is 1.26. The summed E-state index contributed by atoms with van der Waals surface area (Å²) in [6, 6.07) is 11.5. The molecule has 2 aromatic rings. The van der Waals surface area contributed by atoms with E-state index in [0.717, 1.165) is 17.5 Å². The Kier molecular flexibility index (Phi) is 7.61. The molecule has 1 amide bonds. The van der Waals surface area contributed by atoms with Crippen LogP contribution in [0.1, 0.15) is 21.5 Å². The first-order chi connectivity index (χ1) is 13.0. The molecule has 0 aliphatic carbocycles. The van der Waals surface area contributed by atoms with E-state index in [1.165, 1.54) is 0 Å². The molecule has 0 fully saturated rings. The number of hydrogen-bond acceptors (Lipinski definition) is 4. The summed E-state index contributed by atoms with van der Waals surface area (Å²) in [5.41, 5.74) is 2.75. The number of amides is 1. The maximum Gasteiger partial charge on any atom is 0.253 e.